The van der Waals surface area contributed by atoms with Crippen LogP contribution in [-0.4, -0.2) is 67.9 Å². The number of amides is 4. The third kappa shape index (κ3) is 7.65. The molecule has 12 nitrogen and oxygen atoms in total. The van der Waals surface area contributed by atoms with Crippen LogP contribution >= 0.6 is 11.6 Å². The molecule has 17 heteroatoms. The van der Waals surface area contributed by atoms with Crippen LogP contribution in [-0.2, 0) is 24.2 Å². The van der Waals surface area contributed by atoms with E-state index in [4.69, 9.17) is 17.3 Å². The number of ether oxygens (including phenoxy) is 1. The molecule has 2 saturated carbocycles. The molecular weight excluding hydrogens is 669 g/mol. The van der Waals surface area contributed by atoms with Crippen LogP contribution in [0.4, 0.5) is 23.7 Å². The highest BCUT2D eigenvalue weighted by Crippen LogP contribution is 2.54. The monoisotopic (exact) mass is 702 g/mol. The van der Waals surface area contributed by atoms with Crippen molar-refractivity contribution in [1.82, 2.24) is 10.6 Å². The van der Waals surface area contributed by atoms with Gasteiger partial charge in [0.15, 0.2) is 27.3 Å². The van der Waals surface area contributed by atoms with Crippen molar-refractivity contribution in [3.63, 3.8) is 0 Å². The lowest BCUT2D eigenvalue weighted by Crippen LogP contribution is -2.57. The van der Waals surface area contributed by atoms with Crippen molar-refractivity contribution in [2.75, 3.05) is 19.0 Å². The summed E-state index contributed by atoms with van der Waals surface area (Å²) in [5.41, 5.74) is 3.09. The van der Waals surface area contributed by atoms with Crippen LogP contribution in [0.3, 0.4) is 0 Å². The van der Waals surface area contributed by atoms with Gasteiger partial charge in [-0.15, -0.1) is 0 Å². The zero-order valence-electron chi connectivity index (χ0n) is 25.3. The minimum atomic E-state index is -4.20. The van der Waals surface area contributed by atoms with Crippen molar-refractivity contribution in [1.29, 1.82) is 0 Å². The molecule has 0 heterocycles. The molecule has 6 atom stereocenters. The molecule has 2 bridgehead atoms. The normalized spacial score (nSPS) is 24.2. The first kappa shape index (κ1) is 36.0. The summed E-state index contributed by atoms with van der Waals surface area (Å²) in [6, 6.07) is 3.41. The van der Waals surface area contributed by atoms with Crippen LogP contribution in [0.5, 0.6) is 0 Å². The van der Waals surface area contributed by atoms with Crippen molar-refractivity contribution in [2.24, 2.45) is 23.5 Å². The van der Waals surface area contributed by atoms with Gasteiger partial charge in [-0.3, -0.25) is 14.4 Å². The van der Waals surface area contributed by atoms with E-state index in [1.54, 1.807) is 0 Å². The molecule has 0 aliphatic heterocycles. The van der Waals surface area contributed by atoms with E-state index in [-0.39, 0.29) is 53.6 Å². The summed E-state index contributed by atoms with van der Waals surface area (Å²) < 4.78 is 72.9. The zero-order valence-corrected chi connectivity index (χ0v) is 26.9. The molecular formula is C30H34ClF3N4O8S. The summed E-state index contributed by atoms with van der Waals surface area (Å²) in [5.74, 6) is -8.36. The number of nitrogens with two attached hydrogens (primary N) is 1. The number of hydrogen-bond acceptors (Lipinski definition) is 8. The number of anilines is 1. The van der Waals surface area contributed by atoms with Gasteiger partial charge in [0.05, 0.1) is 27.9 Å². The van der Waals surface area contributed by atoms with Gasteiger partial charge in [0.2, 0.25) is 11.8 Å². The lowest BCUT2D eigenvalue weighted by atomic mass is 9.73. The summed E-state index contributed by atoms with van der Waals surface area (Å²) in [6.07, 6.45) is -0.779. The van der Waals surface area contributed by atoms with E-state index in [1.807, 2.05) is 6.92 Å². The van der Waals surface area contributed by atoms with Crippen LogP contribution < -0.4 is 21.7 Å². The summed E-state index contributed by atoms with van der Waals surface area (Å²) >= 11 is 6.29. The molecule has 0 saturated heterocycles. The number of hydrogen-bond donors (Lipinski definition) is 5. The lowest BCUT2D eigenvalue weighted by molar-refractivity contribution is -0.127. The lowest BCUT2D eigenvalue weighted by Gasteiger charge is -2.43. The van der Waals surface area contributed by atoms with Gasteiger partial charge in [0.1, 0.15) is 6.04 Å². The van der Waals surface area contributed by atoms with Crippen molar-refractivity contribution in [3.8, 4) is 0 Å². The fourth-order valence-corrected chi connectivity index (χ4v) is 8.93. The summed E-state index contributed by atoms with van der Waals surface area (Å²) in [7, 11) is -3.10. The van der Waals surface area contributed by atoms with Crippen LogP contribution in [0.1, 0.15) is 49.4 Å². The predicted octanol–water partition coefficient (Wildman–Crippen LogP) is 3.06. The molecule has 256 valence electrons. The molecule has 2 aliphatic rings. The van der Waals surface area contributed by atoms with Crippen LogP contribution in [0.25, 0.3) is 0 Å². The molecule has 4 amide bonds. The largest absolute Gasteiger partial charge is 0.453 e. The number of methoxy groups -OCH3 is 1. The number of halogens is 4. The average Bonchev–Trinajstić information content (AvgIpc) is 3.12. The molecule has 0 radical (unpaired) electrons. The van der Waals surface area contributed by atoms with Crippen LogP contribution in [0.2, 0.25) is 5.02 Å². The Hall–Kier alpha value is -3.89. The van der Waals surface area contributed by atoms with Crippen molar-refractivity contribution in [3.05, 3.63) is 58.4 Å². The second-order valence-electron chi connectivity index (χ2n) is 11.9. The molecule has 4 rings (SSSR count). The van der Waals surface area contributed by atoms with E-state index in [9.17, 15) is 45.9 Å². The minimum absolute atomic E-state index is 0.00122. The Balaban J connectivity index is 1.50. The van der Waals surface area contributed by atoms with Gasteiger partial charge >= 0.3 is 6.09 Å². The van der Waals surface area contributed by atoms with Gasteiger partial charge in [0.25, 0.3) is 5.91 Å². The van der Waals surface area contributed by atoms with Gasteiger partial charge in [0, 0.05) is 36.3 Å². The maximum atomic E-state index is 13.9. The van der Waals surface area contributed by atoms with E-state index < -0.39 is 85.5 Å². The Labute approximate surface area is 273 Å². The first-order valence-corrected chi connectivity index (χ1v) is 16.5. The van der Waals surface area contributed by atoms with E-state index in [0.717, 1.165) is 13.2 Å². The molecule has 2 fully saturated rings. The fraction of sp³-hybridized carbons (Fsp3) is 0.467. The number of sulfone groups is 1. The number of alkyl carbamates (subject to hydrolysis) is 1. The highest BCUT2D eigenvalue weighted by atomic mass is 35.5. The number of aliphatic hydroxyl groups is 1. The maximum absolute atomic E-state index is 13.9. The van der Waals surface area contributed by atoms with E-state index in [1.165, 1.54) is 12.1 Å². The highest BCUT2D eigenvalue weighted by Gasteiger charge is 2.58. The molecule has 2 aliphatic carbocycles. The molecule has 0 aromatic heterocycles. The van der Waals surface area contributed by atoms with E-state index in [0.29, 0.717) is 18.6 Å². The predicted molar refractivity (Wildman–Crippen MR) is 162 cm³/mol. The highest BCUT2D eigenvalue weighted by molar-refractivity contribution is 7.92. The quantitative estimate of drug-likeness (QED) is 0.221. The minimum Gasteiger partial charge on any atom is -0.453 e. The van der Waals surface area contributed by atoms with Gasteiger partial charge in [-0.25, -0.2) is 26.4 Å². The summed E-state index contributed by atoms with van der Waals surface area (Å²) in [6.45, 7) is 1.61. The smallest absolute Gasteiger partial charge is 0.407 e. The zero-order chi connectivity index (χ0) is 34.8. The number of primary amides is 1. The molecule has 0 spiro atoms. The standard InChI is InChI=1S/C30H34ClF3N4O8S/c1-14-7-16-9-18(12-19(14)30(16,43)13-36-28(41)23(5-6-25(35)39)38-29(42)46-2)47(44,45)24-8-15(3-4-20(24)31)27(40)37-17-10-21(32)26(34)22(33)11-17/h3-4,8,10-11,14,16,18-19,23,43H,5-7,9,12-13H2,1-2H3,(H2,35,39)(H,36,41)(H,37,40)(H,38,42)/t14-,16?,18+,19+,23-,30+/m0/s1. The Kier molecular flexibility index (Phi) is 10.8. The number of benzene rings is 2. The number of fused-ring (bicyclic) bond motifs is 2. The maximum Gasteiger partial charge on any atom is 0.407 e. The molecule has 47 heavy (non-hydrogen) atoms. The van der Waals surface area contributed by atoms with Gasteiger partial charge in [-0.2, -0.15) is 0 Å². The number of carbonyl (C=O) groups is 4. The first-order chi connectivity index (χ1) is 22.0. The van der Waals surface area contributed by atoms with Crippen LogP contribution in [0, 0.1) is 35.2 Å². The Bertz CT molecular complexity index is 1670. The molecule has 2 aromatic rings. The van der Waals surface area contributed by atoms with E-state index in [2.05, 4.69) is 20.7 Å². The Morgan fingerprint density at radius 1 is 1.11 bits per heavy atom. The van der Waals surface area contributed by atoms with E-state index >= 15 is 0 Å². The van der Waals surface area contributed by atoms with Crippen LogP contribution in [0.15, 0.2) is 35.2 Å². The Morgan fingerprint density at radius 3 is 2.36 bits per heavy atom. The second-order valence-corrected chi connectivity index (χ2v) is 14.5. The van der Waals surface area contributed by atoms with Gasteiger partial charge in [-0.05, 0) is 61.6 Å². The fourth-order valence-electron chi connectivity index (χ4n) is 6.56. The number of nitrogens with one attached hydrogen (secondary N) is 3. The number of rotatable bonds is 11. The SMILES string of the molecule is COC(=O)N[C@@H](CCC(N)=O)C(=O)NC[C@@]1(O)C2C[C@@H](S(=O)(=O)c3cc(C(=O)Nc4cc(F)c(F)c(F)c4)ccc3Cl)C[C@@H]1[C@@H](C)C2. The second kappa shape index (κ2) is 14.1. The van der Waals surface area contributed by atoms with Crippen molar-refractivity contribution in [2.45, 2.75) is 60.8 Å². The topological polar surface area (TPSA) is 194 Å². The Morgan fingerprint density at radius 2 is 1.77 bits per heavy atom. The third-order valence-corrected chi connectivity index (χ3v) is 11.6. The van der Waals surface area contributed by atoms with Crippen molar-refractivity contribution < 1.29 is 50.6 Å². The summed E-state index contributed by atoms with van der Waals surface area (Å²) in [5, 5.41) is 17.7. The van der Waals surface area contributed by atoms with Gasteiger partial charge < -0.3 is 31.5 Å². The molecule has 2 aromatic carbocycles. The molecule has 6 N–H and O–H groups in total. The van der Waals surface area contributed by atoms with Crippen molar-refractivity contribution >= 4 is 50.9 Å². The molecule has 1 unspecified atom stereocenters. The summed E-state index contributed by atoms with van der Waals surface area (Å²) in [4.78, 5) is 48.4. The number of carbonyl (C=O) groups excluding carboxylic acids is 4. The first-order valence-electron chi connectivity index (χ1n) is 14.6. The average molecular weight is 703 g/mol. The van der Waals surface area contributed by atoms with Gasteiger partial charge in [-0.1, -0.05) is 18.5 Å². The third-order valence-electron chi connectivity index (χ3n) is 8.96.